The lowest BCUT2D eigenvalue weighted by atomic mass is 10.4. The number of ether oxygens (including phenoxy) is 2. The van der Waals surface area contributed by atoms with Gasteiger partial charge in [0.15, 0.2) is 0 Å². The Kier molecular flexibility index (Phi) is 6.47. The van der Waals surface area contributed by atoms with Gasteiger partial charge in [0.25, 0.3) is 0 Å². The SMILES string of the molecule is CCOC(=O)C/C(=N/Cl)OCC. The van der Waals surface area contributed by atoms with Crippen molar-refractivity contribution >= 4 is 23.6 Å². The second-order valence-electron chi connectivity index (χ2n) is 1.89. The fourth-order valence-corrected chi connectivity index (χ4v) is 0.716. The first-order valence-corrected chi connectivity index (χ1v) is 4.04. The van der Waals surface area contributed by atoms with Crippen LogP contribution in [0, 0.1) is 0 Å². The van der Waals surface area contributed by atoms with Crippen molar-refractivity contribution in [2.45, 2.75) is 20.3 Å². The Morgan fingerprint density at radius 1 is 1.33 bits per heavy atom. The highest BCUT2D eigenvalue weighted by molar-refractivity contribution is 6.20. The van der Waals surface area contributed by atoms with E-state index in [-0.39, 0.29) is 18.3 Å². The minimum absolute atomic E-state index is 0.00875. The minimum Gasteiger partial charge on any atom is -0.480 e. The Bertz CT molecular complexity index is 170. The molecular weight excluding hydrogens is 182 g/mol. The molecule has 0 atom stereocenters. The molecule has 5 heteroatoms. The Balaban J connectivity index is 3.78. The maximum atomic E-state index is 10.8. The first-order chi connectivity index (χ1) is 5.74. The van der Waals surface area contributed by atoms with Gasteiger partial charge in [-0.2, -0.15) is 0 Å². The van der Waals surface area contributed by atoms with Crippen molar-refractivity contribution in [2.75, 3.05) is 13.2 Å². The number of carbonyl (C=O) groups excluding carboxylic acids is 1. The molecule has 12 heavy (non-hydrogen) atoms. The monoisotopic (exact) mass is 193 g/mol. The molecule has 0 bridgehead atoms. The van der Waals surface area contributed by atoms with E-state index in [4.69, 9.17) is 16.5 Å². The molecule has 0 aromatic rings. The average molecular weight is 194 g/mol. The fourth-order valence-electron chi connectivity index (χ4n) is 0.607. The molecule has 4 nitrogen and oxygen atoms in total. The summed E-state index contributed by atoms with van der Waals surface area (Å²) in [6, 6.07) is 0. The molecule has 70 valence electrons. The summed E-state index contributed by atoms with van der Waals surface area (Å²) in [5.41, 5.74) is 0. The number of nitrogens with zero attached hydrogens (tertiary/aromatic N) is 1. The van der Waals surface area contributed by atoms with Gasteiger partial charge in [0.2, 0.25) is 5.90 Å². The zero-order chi connectivity index (χ0) is 9.40. The van der Waals surface area contributed by atoms with Crippen molar-refractivity contribution in [2.24, 2.45) is 4.51 Å². The Labute approximate surface area is 76.6 Å². The maximum absolute atomic E-state index is 10.8. The van der Waals surface area contributed by atoms with E-state index in [2.05, 4.69) is 9.25 Å². The number of carbonyl (C=O) groups is 1. The van der Waals surface area contributed by atoms with Crippen molar-refractivity contribution in [3.05, 3.63) is 0 Å². The largest absolute Gasteiger partial charge is 0.480 e. The van der Waals surface area contributed by atoms with E-state index < -0.39 is 0 Å². The third kappa shape index (κ3) is 4.96. The van der Waals surface area contributed by atoms with Crippen LogP contribution in [-0.2, 0) is 14.3 Å². The van der Waals surface area contributed by atoms with Crippen LogP contribution in [0.25, 0.3) is 0 Å². The van der Waals surface area contributed by atoms with Gasteiger partial charge in [-0.1, -0.05) is 0 Å². The van der Waals surface area contributed by atoms with E-state index in [1.165, 1.54) is 0 Å². The molecule has 0 radical (unpaired) electrons. The normalized spacial score (nSPS) is 11.1. The van der Waals surface area contributed by atoms with E-state index >= 15 is 0 Å². The smallest absolute Gasteiger partial charge is 0.315 e. The molecule has 0 unspecified atom stereocenters. The lowest BCUT2D eigenvalue weighted by molar-refractivity contribution is -0.141. The van der Waals surface area contributed by atoms with Gasteiger partial charge in [-0.3, -0.25) is 4.79 Å². The molecule has 0 amide bonds. The molecule has 0 aliphatic carbocycles. The average Bonchev–Trinajstić information content (AvgIpc) is 2.04. The van der Waals surface area contributed by atoms with Gasteiger partial charge in [0.05, 0.1) is 13.2 Å². The molecule has 0 aliphatic rings. The van der Waals surface area contributed by atoms with Crippen LogP contribution in [0.5, 0.6) is 0 Å². The van der Waals surface area contributed by atoms with E-state index in [9.17, 15) is 4.79 Å². The highest BCUT2D eigenvalue weighted by atomic mass is 35.5. The van der Waals surface area contributed by atoms with Crippen LogP contribution in [0.2, 0.25) is 0 Å². The van der Waals surface area contributed by atoms with Crippen molar-refractivity contribution in [1.29, 1.82) is 0 Å². The summed E-state index contributed by atoms with van der Waals surface area (Å²) in [4.78, 5) is 10.8. The molecule has 0 fully saturated rings. The zero-order valence-electron chi connectivity index (χ0n) is 7.17. The van der Waals surface area contributed by atoms with Crippen molar-refractivity contribution in [3.63, 3.8) is 0 Å². The van der Waals surface area contributed by atoms with Gasteiger partial charge >= 0.3 is 5.97 Å². The number of esters is 1. The highest BCUT2D eigenvalue weighted by Crippen LogP contribution is 1.95. The van der Waals surface area contributed by atoms with Crippen LogP contribution in [0.3, 0.4) is 0 Å². The summed E-state index contributed by atoms with van der Waals surface area (Å²) in [6.45, 7) is 4.30. The lowest BCUT2D eigenvalue weighted by Gasteiger charge is -2.04. The summed E-state index contributed by atoms with van der Waals surface area (Å²) >= 11 is 5.15. The lowest BCUT2D eigenvalue weighted by Crippen LogP contribution is -2.13. The number of hydrogen-bond acceptors (Lipinski definition) is 4. The predicted octanol–water partition coefficient (Wildman–Crippen LogP) is 1.53. The van der Waals surface area contributed by atoms with Crippen LogP contribution in [0.15, 0.2) is 4.51 Å². The molecule has 0 saturated carbocycles. The summed E-state index contributed by atoms with van der Waals surface area (Å²) in [5, 5.41) is 0. The molecule has 0 aromatic heterocycles. The standard InChI is InChI=1S/C7H12ClNO3/c1-3-11-6(9-8)5-7(10)12-4-2/h3-5H2,1-2H3/b9-6-. The van der Waals surface area contributed by atoms with Crippen LogP contribution in [0.4, 0.5) is 0 Å². The summed E-state index contributed by atoms with van der Waals surface area (Å²) in [5.74, 6) is -0.192. The van der Waals surface area contributed by atoms with Gasteiger partial charge in [0, 0.05) is 11.8 Å². The second-order valence-corrected chi connectivity index (χ2v) is 2.06. The maximum Gasteiger partial charge on any atom is 0.315 e. The third-order valence-corrected chi connectivity index (χ3v) is 1.19. The molecule has 0 aromatic carbocycles. The van der Waals surface area contributed by atoms with Crippen molar-refractivity contribution in [3.8, 4) is 0 Å². The number of rotatable bonds is 4. The van der Waals surface area contributed by atoms with E-state index in [0.717, 1.165) is 0 Å². The Hall–Kier alpha value is -0.770. The van der Waals surface area contributed by atoms with Gasteiger partial charge in [-0.15, -0.1) is 4.51 Å². The van der Waals surface area contributed by atoms with Crippen LogP contribution >= 0.6 is 11.8 Å². The van der Waals surface area contributed by atoms with Crippen molar-refractivity contribution < 1.29 is 14.3 Å². The molecule has 0 spiro atoms. The minimum atomic E-state index is -0.384. The van der Waals surface area contributed by atoms with Crippen LogP contribution < -0.4 is 0 Å². The molecule has 0 aliphatic heterocycles. The Morgan fingerprint density at radius 2 is 1.92 bits per heavy atom. The Morgan fingerprint density at radius 3 is 2.33 bits per heavy atom. The molecule has 0 N–H and O–H groups in total. The van der Waals surface area contributed by atoms with E-state index in [1.807, 2.05) is 0 Å². The van der Waals surface area contributed by atoms with Gasteiger partial charge < -0.3 is 9.47 Å². The van der Waals surface area contributed by atoms with E-state index in [0.29, 0.717) is 13.2 Å². The van der Waals surface area contributed by atoms with Gasteiger partial charge in [-0.05, 0) is 13.8 Å². The fraction of sp³-hybridized carbons (Fsp3) is 0.714. The van der Waals surface area contributed by atoms with Crippen molar-refractivity contribution in [1.82, 2.24) is 0 Å². The van der Waals surface area contributed by atoms with E-state index in [1.54, 1.807) is 13.8 Å². The van der Waals surface area contributed by atoms with Gasteiger partial charge in [0.1, 0.15) is 6.42 Å². The highest BCUT2D eigenvalue weighted by Gasteiger charge is 2.08. The van der Waals surface area contributed by atoms with Gasteiger partial charge in [-0.25, -0.2) is 0 Å². The van der Waals surface area contributed by atoms with Crippen LogP contribution in [-0.4, -0.2) is 25.1 Å². The second kappa shape index (κ2) is 6.91. The quantitative estimate of drug-likeness (QED) is 0.387. The number of halogens is 1. The first kappa shape index (κ1) is 11.2. The molecule has 0 rings (SSSR count). The number of hydrogen-bond donors (Lipinski definition) is 0. The molecule has 0 saturated heterocycles. The predicted molar refractivity (Wildman–Crippen MR) is 46.2 cm³/mol. The molecule has 0 heterocycles. The topological polar surface area (TPSA) is 47.9 Å². The summed E-state index contributed by atoms with van der Waals surface area (Å²) in [6.07, 6.45) is -0.00875. The third-order valence-electron chi connectivity index (χ3n) is 1.01. The van der Waals surface area contributed by atoms with Crippen LogP contribution in [0.1, 0.15) is 20.3 Å². The summed E-state index contributed by atoms with van der Waals surface area (Å²) < 4.78 is 12.9. The first-order valence-electron chi connectivity index (χ1n) is 3.70. The molecular formula is C7H12ClNO3. The summed E-state index contributed by atoms with van der Waals surface area (Å²) in [7, 11) is 0. The zero-order valence-corrected chi connectivity index (χ0v) is 7.93.